The normalized spacial score (nSPS) is 21.9. The zero-order valence-electron chi connectivity index (χ0n) is 15.8. The standard InChI is InChI=1S/C25H28Si/c1-2-3-16-26(17-9-18-26)25-23-13-7-6-12-21(23)22-15-8-14-20(24(22)25)19-10-4-5-11-19/h4,6-8,10-15,25H,2-3,5,9,16-18H2,1H3. The number of benzene rings is 2. The van der Waals surface area contributed by atoms with Crippen molar-refractivity contribution in [2.45, 2.75) is 56.3 Å². The molecule has 1 heteroatoms. The van der Waals surface area contributed by atoms with Crippen LogP contribution in [0.3, 0.4) is 0 Å². The average Bonchev–Trinajstić information content (AvgIpc) is 3.28. The number of unbranched alkanes of at least 4 members (excludes halogenated alkanes) is 1. The molecule has 1 heterocycles. The number of allylic oxidation sites excluding steroid dienone is 4. The lowest BCUT2D eigenvalue weighted by Gasteiger charge is -2.46. The van der Waals surface area contributed by atoms with Crippen LogP contribution in [0.15, 0.2) is 60.7 Å². The first-order valence-corrected chi connectivity index (χ1v) is 13.1. The van der Waals surface area contributed by atoms with Crippen molar-refractivity contribution in [2.75, 3.05) is 0 Å². The van der Waals surface area contributed by atoms with E-state index in [1.807, 2.05) is 0 Å². The van der Waals surface area contributed by atoms with Gasteiger partial charge >= 0.3 is 0 Å². The van der Waals surface area contributed by atoms with Crippen molar-refractivity contribution in [3.05, 3.63) is 77.4 Å². The summed E-state index contributed by atoms with van der Waals surface area (Å²) in [5.41, 5.74) is 10.1. The fourth-order valence-corrected chi connectivity index (χ4v) is 11.2. The van der Waals surface area contributed by atoms with E-state index < -0.39 is 8.07 Å². The highest BCUT2D eigenvalue weighted by atomic mass is 28.3. The second kappa shape index (κ2) is 6.39. The average molecular weight is 357 g/mol. The van der Waals surface area contributed by atoms with E-state index >= 15 is 0 Å². The van der Waals surface area contributed by atoms with Gasteiger partial charge in [-0.05, 0) is 39.8 Å². The summed E-state index contributed by atoms with van der Waals surface area (Å²) in [6, 6.07) is 21.0. The third-order valence-electron chi connectivity index (χ3n) is 7.03. The molecular formula is C25H28Si. The van der Waals surface area contributed by atoms with Gasteiger partial charge in [-0.3, -0.25) is 0 Å². The molecule has 2 aromatic carbocycles. The zero-order valence-corrected chi connectivity index (χ0v) is 16.8. The Labute approximate surface area is 158 Å². The molecule has 0 spiro atoms. The van der Waals surface area contributed by atoms with Gasteiger partial charge in [-0.2, -0.15) is 0 Å². The van der Waals surface area contributed by atoms with Gasteiger partial charge in [-0.25, -0.2) is 0 Å². The molecule has 132 valence electrons. The van der Waals surface area contributed by atoms with E-state index in [0.717, 1.165) is 12.0 Å². The molecular weight excluding hydrogens is 328 g/mol. The summed E-state index contributed by atoms with van der Waals surface area (Å²) in [6.45, 7) is 2.36. The fraction of sp³-hybridized carbons (Fsp3) is 0.360. The SMILES string of the molecule is CCCC[Si]1(C2c3ccccc3-c3cccc(C4=CCC=C4)c32)CCC1. The minimum absolute atomic E-state index is 0.722. The molecule has 0 N–H and O–H groups in total. The van der Waals surface area contributed by atoms with Crippen LogP contribution in [0.5, 0.6) is 0 Å². The van der Waals surface area contributed by atoms with E-state index in [4.69, 9.17) is 0 Å². The maximum absolute atomic E-state index is 2.45. The van der Waals surface area contributed by atoms with Gasteiger partial charge in [0.05, 0.1) is 8.07 Å². The second-order valence-corrected chi connectivity index (χ2v) is 13.2. The van der Waals surface area contributed by atoms with Crippen molar-refractivity contribution in [2.24, 2.45) is 0 Å². The van der Waals surface area contributed by atoms with Crippen LogP contribution >= 0.6 is 0 Å². The first-order chi connectivity index (χ1) is 12.8. The molecule has 0 saturated carbocycles. The molecule has 2 aromatic rings. The van der Waals surface area contributed by atoms with Crippen LogP contribution in [0, 0.1) is 0 Å². The molecule has 0 aromatic heterocycles. The first-order valence-electron chi connectivity index (χ1n) is 10.4. The highest BCUT2D eigenvalue weighted by Crippen LogP contribution is 2.58. The van der Waals surface area contributed by atoms with Crippen LogP contribution < -0.4 is 0 Å². The highest BCUT2D eigenvalue weighted by molar-refractivity contribution is 6.84. The van der Waals surface area contributed by atoms with Crippen molar-refractivity contribution < 1.29 is 0 Å². The second-order valence-electron chi connectivity index (χ2n) is 8.40. The largest absolute Gasteiger partial charge is 0.0801 e. The minimum atomic E-state index is -1.27. The Morgan fingerprint density at radius 3 is 2.50 bits per heavy atom. The molecule has 26 heavy (non-hydrogen) atoms. The molecule has 1 unspecified atom stereocenters. The summed E-state index contributed by atoms with van der Waals surface area (Å²) >= 11 is 0. The molecule has 0 radical (unpaired) electrons. The number of fused-ring (bicyclic) bond motifs is 3. The van der Waals surface area contributed by atoms with Crippen LogP contribution in [0.2, 0.25) is 18.1 Å². The Morgan fingerprint density at radius 1 is 0.962 bits per heavy atom. The predicted molar refractivity (Wildman–Crippen MR) is 115 cm³/mol. The van der Waals surface area contributed by atoms with Crippen LogP contribution in [-0.4, -0.2) is 8.07 Å². The van der Waals surface area contributed by atoms with Gasteiger partial charge in [0.15, 0.2) is 0 Å². The lowest BCUT2D eigenvalue weighted by atomic mass is 9.96. The van der Waals surface area contributed by atoms with Crippen molar-refractivity contribution >= 4 is 13.6 Å². The lowest BCUT2D eigenvalue weighted by Crippen LogP contribution is -2.47. The van der Waals surface area contributed by atoms with E-state index in [1.165, 1.54) is 59.7 Å². The van der Waals surface area contributed by atoms with Crippen LogP contribution in [0.4, 0.5) is 0 Å². The smallest absolute Gasteiger partial charge is 0.0665 e. The van der Waals surface area contributed by atoms with Crippen LogP contribution in [-0.2, 0) is 0 Å². The van der Waals surface area contributed by atoms with Crippen LogP contribution in [0.25, 0.3) is 16.7 Å². The molecule has 5 rings (SSSR count). The molecule has 0 bridgehead atoms. The van der Waals surface area contributed by atoms with E-state index in [0.29, 0.717) is 0 Å². The third-order valence-corrected chi connectivity index (χ3v) is 12.9. The van der Waals surface area contributed by atoms with Crippen LogP contribution in [0.1, 0.15) is 54.8 Å². The summed E-state index contributed by atoms with van der Waals surface area (Å²) in [6.07, 6.45) is 12.4. The van der Waals surface area contributed by atoms with Gasteiger partial charge in [0.2, 0.25) is 0 Å². The monoisotopic (exact) mass is 356 g/mol. The molecule has 1 fully saturated rings. The number of hydrogen-bond donors (Lipinski definition) is 0. The van der Waals surface area contributed by atoms with Crippen molar-refractivity contribution in [1.82, 2.24) is 0 Å². The summed E-state index contributed by atoms with van der Waals surface area (Å²) < 4.78 is 0. The maximum Gasteiger partial charge on any atom is 0.0665 e. The van der Waals surface area contributed by atoms with Gasteiger partial charge in [0, 0.05) is 5.54 Å². The first kappa shape index (κ1) is 16.3. The Kier molecular flexibility index (Phi) is 4.01. The molecule has 2 aliphatic carbocycles. The molecule has 0 nitrogen and oxygen atoms in total. The van der Waals surface area contributed by atoms with E-state index in [1.54, 1.807) is 11.1 Å². The number of hydrogen-bond acceptors (Lipinski definition) is 0. The Morgan fingerprint density at radius 2 is 1.77 bits per heavy atom. The van der Waals surface area contributed by atoms with Gasteiger partial charge in [-0.15, -0.1) is 0 Å². The number of rotatable bonds is 5. The lowest BCUT2D eigenvalue weighted by molar-refractivity contribution is 0.772. The zero-order chi connectivity index (χ0) is 17.6. The van der Waals surface area contributed by atoms with Gasteiger partial charge < -0.3 is 0 Å². The quantitative estimate of drug-likeness (QED) is 0.492. The topological polar surface area (TPSA) is 0 Å². The van der Waals surface area contributed by atoms with E-state index in [2.05, 4.69) is 67.6 Å². The summed E-state index contributed by atoms with van der Waals surface area (Å²) in [4.78, 5) is 0. The Hall–Kier alpha value is -1.86. The van der Waals surface area contributed by atoms with E-state index in [-0.39, 0.29) is 0 Å². The summed E-state index contributed by atoms with van der Waals surface area (Å²) in [5.74, 6) is 0. The van der Waals surface area contributed by atoms with Crippen molar-refractivity contribution in [3.8, 4) is 11.1 Å². The molecule has 0 amide bonds. The molecule has 1 atom stereocenters. The summed E-state index contributed by atoms with van der Waals surface area (Å²) in [7, 11) is -1.27. The molecule has 3 aliphatic rings. The maximum atomic E-state index is 2.45. The Balaban J connectivity index is 1.72. The minimum Gasteiger partial charge on any atom is -0.0801 e. The van der Waals surface area contributed by atoms with E-state index in [9.17, 15) is 0 Å². The highest BCUT2D eigenvalue weighted by Gasteiger charge is 2.50. The van der Waals surface area contributed by atoms with Gasteiger partial charge in [-0.1, -0.05) is 105 Å². The third kappa shape index (κ3) is 2.33. The van der Waals surface area contributed by atoms with Gasteiger partial charge in [0.25, 0.3) is 0 Å². The van der Waals surface area contributed by atoms with Gasteiger partial charge in [0.1, 0.15) is 0 Å². The summed E-state index contributed by atoms with van der Waals surface area (Å²) in [5, 5.41) is 0. The Bertz CT molecular complexity index is 898. The van der Waals surface area contributed by atoms with Crippen molar-refractivity contribution in [3.63, 3.8) is 0 Å². The molecule has 1 saturated heterocycles. The predicted octanol–water partition coefficient (Wildman–Crippen LogP) is 7.33. The van der Waals surface area contributed by atoms with Crippen molar-refractivity contribution in [1.29, 1.82) is 0 Å². The fourth-order valence-electron chi connectivity index (χ4n) is 5.65. The molecule has 1 aliphatic heterocycles.